The third-order valence-corrected chi connectivity index (χ3v) is 2.81. The molecule has 2 heterocycles. The molecule has 0 aliphatic carbocycles. The summed E-state index contributed by atoms with van der Waals surface area (Å²) in [4.78, 5) is 3.88. The molecule has 1 aliphatic heterocycles. The van der Waals surface area contributed by atoms with Crippen LogP contribution < -0.4 is 14.8 Å². The van der Waals surface area contributed by atoms with Gasteiger partial charge in [0.05, 0.1) is 0 Å². The number of nitrogens with one attached hydrogen (secondary N) is 1. The molecule has 0 saturated carbocycles. The predicted octanol–water partition coefficient (Wildman–Crippen LogP) is 3.86. The lowest BCUT2D eigenvalue weighted by Crippen LogP contribution is -1.93. The molecule has 0 bridgehead atoms. The third-order valence-electron chi connectivity index (χ3n) is 2.42. The van der Waals surface area contributed by atoms with Crippen LogP contribution in [0.3, 0.4) is 0 Å². The van der Waals surface area contributed by atoms with Crippen molar-refractivity contribution in [3.05, 3.63) is 40.6 Å². The Morgan fingerprint density at radius 3 is 2.44 bits per heavy atom. The Morgan fingerprint density at radius 1 is 0.944 bits per heavy atom. The molecule has 0 unspecified atom stereocenters. The zero-order valence-corrected chi connectivity index (χ0v) is 10.6. The number of ether oxygens (including phenoxy) is 2. The largest absolute Gasteiger partial charge is 0.454 e. The summed E-state index contributed by atoms with van der Waals surface area (Å²) in [6.07, 6.45) is 0. The molecule has 2 aromatic rings. The van der Waals surface area contributed by atoms with E-state index in [-0.39, 0.29) is 6.79 Å². The van der Waals surface area contributed by atoms with Crippen LogP contribution in [0.15, 0.2) is 30.3 Å². The maximum atomic E-state index is 5.83. The second-order valence-corrected chi connectivity index (χ2v) is 4.47. The van der Waals surface area contributed by atoms with Crippen molar-refractivity contribution in [2.24, 2.45) is 0 Å². The van der Waals surface area contributed by atoms with E-state index in [4.69, 9.17) is 32.7 Å². The van der Waals surface area contributed by atoms with E-state index in [1.807, 2.05) is 18.2 Å². The van der Waals surface area contributed by atoms with Gasteiger partial charge in [-0.25, -0.2) is 4.98 Å². The summed E-state index contributed by atoms with van der Waals surface area (Å²) in [6, 6.07) is 8.96. The fraction of sp³-hybridized carbons (Fsp3) is 0.0833. The van der Waals surface area contributed by atoms with E-state index in [0.29, 0.717) is 16.1 Å². The minimum Gasteiger partial charge on any atom is -0.454 e. The van der Waals surface area contributed by atoms with Gasteiger partial charge in [-0.1, -0.05) is 23.2 Å². The van der Waals surface area contributed by atoms with Crippen LogP contribution in [0.1, 0.15) is 0 Å². The van der Waals surface area contributed by atoms with Crippen molar-refractivity contribution >= 4 is 34.6 Å². The second-order valence-electron chi connectivity index (χ2n) is 3.69. The summed E-state index contributed by atoms with van der Waals surface area (Å²) < 4.78 is 10.5. The number of rotatable bonds is 2. The zero-order valence-electron chi connectivity index (χ0n) is 9.11. The normalized spacial score (nSPS) is 12.6. The van der Waals surface area contributed by atoms with E-state index in [0.717, 1.165) is 17.1 Å². The number of aromatic nitrogens is 1. The van der Waals surface area contributed by atoms with Crippen molar-refractivity contribution in [3.63, 3.8) is 0 Å². The molecule has 92 valence electrons. The fourth-order valence-electron chi connectivity index (χ4n) is 1.68. The number of hydrogen-bond acceptors (Lipinski definition) is 4. The number of benzene rings is 1. The Balaban J connectivity index is 1.88. The van der Waals surface area contributed by atoms with Crippen LogP contribution in [0.5, 0.6) is 11.5 Å². The standard InChI is InChI=1S/C12H8Cl2N2O2/c13-11-4-8(5-12(14)16-11)15-7-1-2-9-10(3-7)18-6-17-9/h1-5H,6H2,(H,15,16). The van der Waals surface area contributed by atoms with E-state index in [2.05, 4.69) is 10.3 Å². The average Bonchev–Trinajstić information content (AvgIpc) is 2.74. The van der Waals surface area contributed by atoms with Gasteiger partial charge in [-0.05, 0) is 24.3 Å². The number of anilines is 2. The van der Waals surface area contributed by atoms with Crippen LogP contribution in [0.25, 0.3) is 0 Å². The van der Waals surface area contributed by atoms with Gasteiger partial charge < -0.3 is 14.8 Å². The summed E-state index contributed by atoms with van der Waals surface area (Å²) in [6.45, 7) is 0.256. The van der Waals surface area contributed by atoms with Gasteiger partial charge in [-0.15, -0.1) is 0 Å². The number of pyridine rings is 1. The van der Waals surface area contributed by atoms with Crippen LogP contribution in [0.2, 0.25) is 10.3 Å². The molecule has 18 heavy (non-hydrogen) atoms. The molecular weight excluding hydrogens is 275 g/mol. The van der Waals surface area contributed by atoms with Gasteiger partial charge in [0.15, 0.2) is 11.5 Å². The van der Waals surface area contributed by atoms with Crippen molar-refractivity contribution in [2.45, 2.75) is 0 Å². The van der Waals surface area contributed by atoms with Gasteiger partial charge >= 0.3 is 0 Å². The van der Waals surface area contributed by atoms with Crippen molar-refractivity contribution < 1.29 is 9.47 Å². The molecule has 4 nitrogen and oxygen atoms in total. The van der Waals surface area contributed by atoms with Gasteiger partial charge in [0.2, 0.25) is 6.79 Å². The molecule has 0 saturated heterocycles. The van der Waals surface area contributed by atoms with E-state index in [1.54, 1.807) is 12.1 Å². The van der Waals surface area contributed by atoms with Crippen LogP contribution >= 0.6 is 23.2 Å². The zero-order chi connectivity index (χ0) is 12.5. The van der Waals surface area contributed by atoms with Crippen molar-refractivity contribution in [1.29, 1.82) is 0 Å². The molecule has 1 aromatic heterocycles. The lowest BCUT2D eigenvalue weighted by molar-refractivity contribution is 0.174. The Kier molecular flexibility index (Phi) is 2.89. The topological polar surface area (TPSA) is 43.4 Å². The number of hydrogen-bond donors (Lipinski definition) is 1. The van der Waals surface area contributed by atoms with Crippen LogP contribution in [-0.4, -0.2) is 11.8 Å². The predicted molar refractivity (Wildman–Crippen MR) is 70.1 cm³/mol. The molecule has 3 rings (SSSR count). The van der Waals surface area contributed by atoms with Crippen LogP contribution in [0, 0.1) is 0 Å². The molecule has 1 aliphatic rings. The van der Waals surface area contributed by atoms with E-state index < -0.39 is 0 Å². The van der Waals surface area contributed by atoms with Gasteiger partial charge in [-0.2, -0.15) is 0 Å². The van der Waals surface area contributed by atoms with Crippen LogP contribution in [-0.2, 0) is 0 Å². The number of nitrogens with zero attached hydrogens (tertiary/aromatic N) is 1. The van der Waals surface area contributed by atoms with Gasteiger partial charge in [-0.3, -0.25) is 0 Å². The highest BCUT2D eigenvalue weighted by molar-refractivity contribution is 6.32. The van der Waals surface area contributed by atoms with Gasteiger partial charge in [0.25, 0.3) is 0 Å². The van der Waals surface area contributed by atoms with E-state index in [9.17, 15) is 0 Å². The van der Waals surface area contributed by atoms with Crippen molar-refractivity contribution in [1.82, 2.24) is 4.98 Å². The Labute approximate surface area is 113 Å². The molecular formula is C12H8Cl2N2O2. The summed E-state index contributed by atoms with van der Waals surface area (Å²) >= 11 is 11.7. The number of fused-ring (bicyclic) bond motifs is 1. The monoisotopic (exact) mass is 282 g/mol. The van der Waals surface area contributed by atoms with Gasteiger partial charge in [0.1, 0.15) is 10.3 Å². The van der Waals surface area contributed by atoms with E-state index >= 15 is 0 Å². The molecule has 0 amide bonds. The minimum absolute atomic E-state index is 0.256. The average molecular weight is 283 g/mol. The summed E-state index contributed by atoms with van der Waals surface area (Å²) in [5.41, 5.74) is 1.62. The minimum atomic E-state index is 0.256. The first-order chi connectivity index (χ1) is 8.70. The molecule has 0 radical (unpaired) electrons. The quantitative estimate of drug-likeness (QED) is 0.850. The van der Waals surface area contributed by atoms with E-state index in [1.165, 1.54) is 0 Å². The number of halogens is 2. The summed E-state index contributed by atoms with van der Waals surface area (Å²) in [5, 5.41) is 3.85. The lowest BCUT2D eigenvalue weighted by atomic mass is 10.2. The third kappa shape index (κ3) is 2.30. The highest BCUT2D eigenvalue weighted by Gasteiger charge is 2.13. The maximum absolute atomic E-state index is 5.83. The molecule has 0 spiro atoms. The fourth-order valence-corrected chi connectivity index (χ4v) is 2.14. The Hall–Kier alpha value is -1.65. The Morgan fingerprint density at radius 2 is 1.67 bits per heavy atom. The summed E-state index contributed by atoms with van der Waals surface area (Å²) in [7, 11) is 0. The SMILES string of the molecule is Clc1cc(Nc2ccc3c(c2)OCO3)cc(Cl)n1. The summed E-state index contributed by atoms with van der Waals surface area (Å²) in [5.74, 6) is 1.46. The van der Waals surface area contributed by atoms with Crippen molar-refractivity contribution in [2.75, 3.05) is 12.1 Å². The van der Waals surface area contributed by atoms with Crippen molar-refractivity contribution in [3.8, 4) is 11.5 Å². The molecule has 1 aromatic carbocycles. The second kappa shape index (κ2) is 4.55. The first kappa shape index (κ1) is 11.4. The first-order valence-corrected chi connectivity index (χ1v) is 5.96. The molecule has 0 fully saturated rings. The maximum Gasteiger partial charge on any atom is 0.231 e. The highest BCUT2D eigenvalue weighted by Crippen LogP contribution is 2.35. The smallest absolute Gasteiger partial charge is 0.231 e. The highest BCUT2D eigenvalue weighted by atomic mass is 35.5. The molecule has 0 atom stereocenters. The first-order valence-electron chi connectivity index (χ1n) is 5.20. The van der Waals surface area contributed by atoms with Gasteiger partial charge in [0, 0.05) is 17.4 Å². The lowest BCUT2D eigenvalue weighted by Gasteiger charge is -2.07. The molecule has 1 N–H and O–H groups in total. The van der Waals surface area contributed by atoms with Crippen LogP contribution in [0.4, 0.5) is 11.4 Å². The molecule has 6 heteroatoms. The Bertz CT molecular complexity index is 584.